The summed E-state index contributed by atoms with van der Waals surface area (Å²) in [6.07, 6.45) is 0.855. The van der Waals surface area contributed by atoms with E-state index in [4.69, 9.17) is 9.47 Å². The first-order valence-electron chi connectivity index (χ1n) is 8.86. The zero-order valence-corrected chi connectivity index (χ0v) is 16.3. The van der Waals surface area contributed by atoms with E-state index in [1.54, 1.807) is 14.2 Å². The number of carbonyl (C=O) groups is 1. The van der Waals surface area contributed by atoms with Crippen LogP contribution in [-0.4, -0.2) is 39.8 Å². The third-order valence-corrected chi connectivity index (χ3v) is 4.79. The fourth-order valence-corrected chi connectivity index (χ4v) is 2.77. The van der Waals surface area contributed by atoms with Crippen LogP contribution in [0.1, 0.15) is 18.1 Å². The van der Waals surface area contributed by atoms with E-state index in [0.29, 0.717) is 0 Å². The second-order valence-corrected chi connectivity index (χ2v) is 6.56. The number of aryl methyl sites for hydroxylation is 1. The first-order valence-corrected chi connectivity index (χ1v) is 8.86. The maximum absolute atomic E-state index is 12.5. The monoisotopic (exact) mass is 357 g/mol. The first-order chi connectivity index (χ1) is 12.5. The largest absolute Gasteiger partial charge is 0.493 e. The highest BCUT2D eigenvalue weighted by molar-refractivity contribution is 5.94. The minimum Gasteiger partial charge on any atom is -0.493 e. The van der Waals surface area contributed by atoms with Crippen molar-refractivity contribution in [2.75, 3.05) is 33.1 Å². The van der Waals surface area contributed by atoms with E-state index < -0.39 is 0 Å². The van der Waals surface area contributed by atoms with E-state index in [1.807, 2.05) is 63.4 Å². The highest BCUT2D eigenvalue weighted by Crippen LogP contribution is 2.27. The molecule has 2 atom stereocenters. The zero-order valence-electron chi connectivity index (χ0n) is 16.3. The Bertz CT molecular complexity index is 746. The molecular weight excluding hydrogens is 328 g/mol. The molecule has 0 radical (unpaired) electrons. The van der Waals surface area contributed by atoms with Gasteiger partial charge in [-0.2, -0.15) is 0 Å². The van der Waals surface area contributed by atoms with Gasteiger partial charge in [-0.25, -0.2) is 0 Å². The molecule has 0 bridgehead atoms. The molecule has 0 aliphatic heterocycles. The van der Waals surface area contributed by atoms with Gasteiger partial charge < -0.3 is 19.7 Å². The molecule has 0 aromatic heterocycles. The maximum atomic E-state index is 12.5. The van der Waals surface area contributed by atoms with Crippen LogP contribution in [0, 0.1) is 6.92 Å². The lowest BCUT2D eigenvalue weighted by Gasteiger charge is -2.21. The topological polar surface area (TPSA) is 52.0 Å². The number of hydrogen-bond acceptors (Lipinski definition) is 3. The summed E-state index contributed by atoms with van der Waals surface area (Å²) in [5, 5.41) is 3.03. The number of para-hydroxylation sites is 1. The number of ether oxygens (including phenoxy) is 2. The van der Waals surface area contributed by atoms with E-state index in [-0.39, 0.29) is 11.9 Å². The Morgan fingerprint density at radius 3 is 2.46 bits per heavy atom. The van der Waals surface area contributed by atoms with Gasteiger partial charge in [0.1, 0.15) is 0 Å². The number of carbonyl (C=O) groups excluding carboxylic acids is 1. The van der Waals surface area contributed by atoms with Crippen molar-refractivity contribution in [3.8, 4) is 11.5 Å². The number of anilines is 1. The Labute approximate surface area is 155 Å². The fraction of sp³-hybridized carbons (Fsp3) is 0.381. The van der Waals surface area contributed by atoms with Crippen LogP contribution < -0.4 is 19.7 Å². The Morgan fingerprint density at radius 1 is 1.12 bits per heavy atom. The smallest absolute Gasteiger partial charge is 0.282 e. The normalized spacial score (nSPS) is 13.0. The van der Waals surface area contributed by atoms with Crippen molar-refractivity contribution >= 4 is 11.6 Å². The van der Waals surface area contributed by atoms with E-state index in [1.165, 1.54) is 0 Å². The average molecular weight is 357 g/mol. The van der Waals surface area contributed by atoms with Crippen molar-refractivity contribution in [3.05, 3.63) is 53.6 Å². The molecule has 0 heterocycles. The molecule has 0 fully saturated rings. The number of hydrogen-bond donors (Lipinski definition) is 2. The Morgan fingerprint density at radius 2 is 1.81 bits per heavy atom. The molecule has 2 rings (SSSR count). The zero-order chi connectivity index (χ0) is 19.1. The molecule has 5 nitrogen and oxygen atoms in total. The molecule has 1 unspecified atom stereocenters. The van der Waals surface area contributed by atoms with E-state index >= 15 is 0 Å². The number of quaternary nitrogens is 1. The fourth-order valence-electron chi connectivity index (χ4n) is 2.77. The van der Waals surface area contributed by atoms with Gasteiger partial charge in [0.2, 0.25) is 0 Å². The van der Waals surface area contributed by atoms with Crippen molar-refractivity contribution < 1.29 is 19.2 Å². The second kappa shape index (κ2) is 9.25. The maximum Gasteiger partial charge on any atom is 0.282 e. The van der Waals surface area contributed by atoms with E-state index in [9.17, 15) is 4.79 Å². The lowest BCUT2D eigenvalue weighted by Crippen LogP contribution is -3.14. The second-order valence-electron chi connectivity index (χ2n) is 6.56. The summed E-state index contributed by atoms with van der Waals surface area (Å²) in [6, 6.07) is 13.6. The first kappa shape index (κ1) is 19.8. The summed E-state index contributed by atoms with van der Waals surface area (Å²) in [5.41, 5.74) is 3.10. The van der Waals surface area contributed by atoms with Crippen molar-refractivity contribution in [2.45, 2.75) is 26.3 Å². The number of rotatable bonds is 8. The molecule has 0 saturated heterocycles. The molecule has 0 spiro atoms. The van der Waals surface area contributed by atoms with Crippen LogP contribution in [0.25, 0.3) is 0 Å². The lowest BCUT2D eigenvalue weighted by molar-refractivity contribution is -0.893. The Balaban J connectivity index is 1.93. The Hall–Kier alpha value is -2.53. The number of likely N-dealkylation sites (N-methyl/N-ethyl adjacent to an activating group) is 1. The van der Waals surface area contributed by atoms with Gasteiger partial charge in [-0.05, 0) is 43.2 Å². The molecule has 0 aliphatic rings. The lowest BCUT2D eigenvalue weighted by atomic mass is 10.1. The van der Waals surface area contributed by atoms with Crippen LogP contribution in [0.15, 0.2) is 42.5 Å². The van der Waals surface area contributed by atoms with Gasteiger partial charge in [0.05, 0.1) is 27.8 Å². The van der Waals surface area contributed by atoms with Crippen LogP contribution >= 0.6 is 0 Å². The van der Waals surface area contributed by atoms with Crippen LogP contribution in [0.3, 0.4) is 0 Å². The third kappa shape index (κ3) is 4.99. The van der Waals surface area contributed by atoms with Crippen LogP contribution in [0.2, 0.25) is 0 Å². The molecule has 2 N–H and O–H groups in total. The number of methoxy groups -OCH3 is 2. The summed E-state index contributed by atoms with van der Waals surface area (Å²) < 4.78 is 10.6. The van der Waals surface area contributed by atoms with Gasteiger partial charge >= 0.3 is 0 Å². The minimum atomic E-state index is -0.144. The van der Waals surface area contributed by atoms with Gasteiger partial charge in [0, 0.05) is 12.1 Å². The molecule has 140 valence electrons. The quantitative estimate of drug-likeness (QED) is 0.761. The summed E-state index contributed by atoms with van der Waals surface area (Å²) in [7, 11) is 5.31. The van der Waals surface area contributed by atoms with Crippen LogP contribution in [-0.2, 0) is 11.2 Å². The standard InChI is InChI=1S/C21H28N2O3/c1-15-8-6-7-9-18(15)22-21(24)16(2)23(3)13-12-17-10-11-19(25-4)20(14-17)26-5/h6-11,14,16H,12-13H2,1-5H3,(H,22,24)/p+1/t16-/m1/s1. The van der Waals surface area contributed by atoms with E-state index in [2.05, 4.69) is 5.32 Å². The molecule has 5 heteroatoms. The van der Waals surface area contributed by atoms with Crippen molar-refractivity contribution in [1.82, 2.24) is 0 Å². The van der Waals surface area contributed by atoms with Crippen molar-refractivity contribution in [2.24, 2.45) is 0 Å². The Kier molecular flexibility index (Phi) is 7.04. The molecule has 26 heavy (non-hydrogen) atoms. The van der Waals surface area contributed by atoms with Crippen molar-refractivity contribution in [3.63, 3.8) is 0 Å². The average Bonchev–Trinajstić information content (AvgIpc) is 2.66. The molecular formula is C21H29N2O3+. The van der Waals surface area contributed by atoms with E-state index in [0.717, 1.165) is 46.2 Å². The van der Waals surface area contributed by atoms with Gasteiger partial charge in [-0.1, -0.05) is 24.3 Å². The molecule has 0 saturated carbocycles. The molecule has 2 aromatic rings. The SMILES string of the molecule is COc1ccc(CC[NH+](C)[C@H](C)C(=O)Nc2ccccc2C)cc1OC. The van der Waals surface area contributed by atoms with Crippen LogP contribution in [0.5, 0.6) is 11.5 Å². The molecule has 0 aliphatic carbocycles. The number of benzene rings is 2. The van der Waals surface area contributed by atoms with Gasteiger partial charge in [-0.3, -0.25) is 4.79 Å². The van der Waals surface area contributed by atoms with Gasteiger partial charge in [0.25, 0.3) is 5.91 Å². The highest BCUT2D eigenvalue weighted by Gasteiger charge is 2.22. The molecule has 2 aromatic carbocycles. The van der Waals surface area contributed by atoms with Gasteiger partial charge in [-0.15, -0.1) is 0 Å². The predicted octanol–water partition coefficient (Wildman–Crippen LogP) is 2.10. The summed E-state index contributed by atoms with van der Waals surface area (Å²) in [6.45, 7) is 4.79. The molecule has 1 amide bonds. The highest BCUT2D eigenvalue weighted by atomic mass is 16.5. The summed E-state index contributed by atoms with van der Waals surface area (Å²) in [5.74, 6) is 1.49. The van der Waals surface area contributed by atoms with Crippen LogP contribution in [0.4, 0.5) is 5.69 Å². The third-order valence-electron chi connectivity index (χ3n) is 4.79. The van der Waals surface area contributed by atoms with Gasteiger partial charge in [0.15, 0.2) is 17.5 Å². The van der Waals surface area contributed by atoms with Crippen molar-refractivity contribution in [1.29, 1.82) is 0 Å². The number of nitrogens with one attached hydrogen (secondary N) is 2. The predicted molar refractivity (Wildman–Crippen MR) is 104 cm³/mol. The summed E-state index contributed by atoms with van der Waals surface area (Å²) >= 11 is 0. The summed E-state index contributed by atoms with van der Waals surface area (Å²) in [4.78, 5) is 13.7. The number of amides is 1. The minimum absolute atomic E-state index is 0.0316.